The van der Waals surface area contributed by atoms with Crippen molar-refractivity contribution in [2.24, 2.45) is 5.73 Å². The van der Waals surface area contributed by atoms with Crippen LogP contribution in [0.1, 0.15) is 21.7 Å². The summed E-state index contributed by atoms with van der Waals surface area (Å²) in [5.74, 6) is -0.426. The van der Waals surface area contributed by atoms with Crippen molar-refractivity contribution in [1.29, 1.82) is 0 Å². The average molecular weight is 230 g/mol. The number of amides is 1. The van der Waals surface area contributed by atoms with Gasteiger partial charge < -0.3 is 16.0 Å². The molecule has 2 rings (SSSR count). The van der Waals surface area contributed by atoms with Crippen LogP contribution in [0.4, 0.5) is 5.69 Å². The molecule has 1 aromatic heterocycles. The summed E-state index contributed by atoms with van der Waals surface area (Å²) in [7, 11) is 0. The van der Waals surface area contributed by atoms with Crippen LogP contribution < -0.4 is 11.1 Å². The molecule has 0 saturated carbocycles. The van der Waals surface area contributed by atoms with E-state index in [2.05, 4.69) is 15.3 Å². The van der Waals surface area contributed by atoms with Crippen LogP contribution >= 0.6 is 0 Å². The average Bonchev–Trinajstić information content (AvgIpc) is 2.72. The molecule has 1 amide bonds. The molecule has 4 N–H and O–H groups in total. The van der Waals surface area contributed by atoms with Crippen molar-refractivity contribution in [2.75, 3.05) is 5.32 Å². The number of hydrogen-bond acceptors (Lipinski definition) is 3. The highest BCUT2D eigenvalue weighted by Gasteiger charge is 2.03. The molecule has 5 nitrogen and oxygen atoms in total. The summed E-state index contributed by atoms with van der Waals surface area (Å²) in [6.07, 6.45) is 1.66. The Bertz CT molecular complexity index is 533. The summed E-state index contributed by atoms with van der Waals surface area (Å²) in [5, 5.41) is 3.19. The zero-order valence-electron chi connectivity index (χ0n) is 9.53. The van der Waals surface area contributed by atoms with E-state index in [4.69, 9.17) is 5.73 Å². The van der Waals surface area contributed by atoms with Crippen LogP contribution in [0.5, 0.6) is 0 Å². The van der Waals surface area contributed by atoms with Gasteiger partial charge in [0.15, 0.2) is 0 Å². The summed E-state index contributed by atoms with van der Waals surface area (Å²) in [4.78, 5) is 18.2. The molecule has 0 aliphatic carbocycles. The van der Waals surface area contributed by atoms with Crippen molar-refractivity contribution in [3.63, 3.8) is 0 Å². The van der Waals surface area contributed by atoms with Crippen LogP contribution in [0.3, 0.4) is 0 Å². The Morgan fingerprint density at radius 2 is 2.35 bits per heavy atom. The fraction of sp³-hybridized carbons (Fsp3) is 0.167. The molecule has 2 aromatic rings. The lowest BCUT2D eigenvalue weighted by atomic mass is 10.2. The fourth-order valence-electron chi connectivity index (χ4n) is 1.53. The summed E-state index contributed by atoms with van der Waals surface area (Å²) >= 11 is 0. The highest BCUT2D eigenvalue weighted by molar-refractivity contribution is 5.93. The first-order valence-corrected chi connectivity index (χ1v) is 5.29. The molecule has 0 aliphatic rings. The number of aryl methyl sites for hydroxylation is 1. The summed E-state index contributed by atoms with van der Waals surface area (Å²) in [6, 6.07) is 7.09. The molecule has 0 radical (unpaired) electrons. The van der Waals surface area contributed by atoms with Gasteiger partial charge in [0.2, 0.25) is 5.91 Å². The van der Waals surface area contributed by atoms with Gasteiger partial charge in [0.05, 0.1) is 18.6 Å². The monoisotopic (exact) mass is 230 g/mol. The standard InChI is InChI=1S/C12H14N4O/c1-8-11(16-7-15-8)6-14-10-4-2-3-9(5-10)12(13)17/h2-5,7,14H,6H2,1H3,(H2,13,17)(H,15,16). The number of nitrogens with zero attached hydrogens (tertiary/aromatic N) is 1. The lowest BCUT2D eigenvalue weighted by Gasteiger charge is -2.06. The SMILES string of the molecule is Cc1[nH]cnc1CNc1cccc(C(N)=O)c1. The third kappa shape index (κ3) is 2.63. The van der Waals surface area contributed by atoms with Gasteiger partial charge in [-0.05, 0) is 25.1 Å². The van der Waals surface area contributed by atoms with E-state index in [9.17, 15) is 4.79 Å². The Balaban J connectivity index is 2.07. The number of aromatic nitrogens is 2. The number of anilines is 1. The topological polar surface area (TPSA) is 83.8 Å². The van der Waals surface area contributed by atoms with Gasteiger partial charge in [0.25, 0.3) is 0 Å². The van der Waals surface area contributed by atoms with Gasteiger partial charge in [-0.1, -0.05) is 6.07 Å². The lowest BCUT2D eigenvalue weighted by Crippen LogP contribution is -2.11. The summed E-state index contributed by atoms with van der Waals surface area (Å²) in [5.41, 5.74) is 8.54. The van der Waals surface area contributed by atoms with Gasteiger partial charge in [0, 0.05) is 16.9 Å². The van der Waals surface area contributed by atoms with Crippen LogP contribution in [0, 0.1) is 6.92 Å². The number of carbonyl (C=O) groups is 1. The largest absolute Gasteiger partial charge is 0.379 e. The van der Waals surface area contributed by atoms with E-state index in [1.165, 1.54) is 0 Å². The number of aromatic amines is 1. The van der Waals surface area contributed by atoms with E-state index in [-0.39, 0.29) is 0 Å². The Morgan fingerprint density at radius 3 is 3.00 bits per heavy atom. The maximum absolute atomic E-state index is 11.0. The summed E-state index contributed by atoms with van der Waals surface area (Å²) in [6.45, 7) is 2.57. The molecular weight excluding hydrogens is 216 g/mol. The lowest BCUT2D eigenvalue weighted by molar-refractivity contribution is 0.100. The third-order valence-electron chi connectivity index (χ3n) is 2.54. The zero-order chi connectivity index (χ0) is 12.3. The van der Waals surface area contributed by atoms with E-state index >= 15 is 0 Å². The van der Waals surface area contributed by atoms with Crippen molar-refractivity contribution in [2.45, 2.75) is 13.5 Å². The van der Waals surface area contributed by atoms with E-state index < -0.39 is 5.91 Å². The van der Waals surface area contributed by atoms with E-state index in [1.807, 2.05) is 13.0 Å². The Hall–Kier alpha value is -2.30. The van der Waals surface area contributed by atoms with Crippen LogP contribution in [-0.4, -0.2) is 15.9 Å². The van der Waals surface area contributed by atoms with Crippen molar-refractivity contribution in [1.82, 2.24) is 9.97 Å². The molecule has 0 spiro atoms. The molecule has 1 heterocycles. The zero-order valence-corrected chi connectivity index (χ0v) is 9.53. The molecule has 88 valence electrons. The number of H-pyrrole nitrogens is 1. The van der Waals surface area contributed by atoms with Gasteiger partial charge in [0.1, 0.15) is 0 Å². The van der Waals surface area contributed by atoms with E-state index in [0.717, 1.165) is 17.1 Å². The molecule has 0 fully saturated rings. The van der Waals surface area contributed by atoms with Gasteiger partial charge >= 0.3 is 0 Å². The van der Waals surface area contributed by atoms with Crippen LogP contribution in [0.2, 0.25) is 0 Å². The minimum absolute atomic E-state index is 0.426. The number of nitrogens with two attached hydrogens (primary N) is 1. The molecule has 0 unspecified atom stereocenters. The molecule has 0 aliphatic heterocycles. The van der Waals surface area contributed by atoms with Gasteiger partial charge in [-0.2, -0.15) is 0 Å². The Morgan fingerprint density at radius 1 is 1.53 bits per heavy atom. The van der Waals surface area contributed by atoms with Gasteiger partial charge in [-0.15, -0.1) is 0 Å². The molecule has 1 aromatic carbocycles. The number of benzene rings is 1. The molecule has 0 bridgehead atoms. The second kappa shape index (κ2) is 4.69. The molecule has 0 atom stereocenters. The maximum atomic E-state index is 11.0. The van der Waals surface area contributed by atoms with Crippen molar-refractivity contribution < 1.29 is 4.79 Å². The number of hydrogen-bond donors (Lipinski definition) is 3. The molecule has 5 heteroatoms. The second-order valence-corrected chi connectivity index (χ2v) is 3.77. The van der Waals surface area contributed by atoms with E-state index in [0.29, 0.717) is 12.1 Å². The number of rotatable bonds is 4. The van der Waals surface area contributed by atoms with Crippen molar-refractivity contribution >= 4 is 11.6 Å². The normalized spacial score (nSPS) is 10.2. The highest BCUT2D eigenvalue weighted by atomic mass is 16.1. The van der Waals surface area contributed by atoms with Gasteiger partial charge in [-0.3, -0.25) is 4.79 Å². The third-order valence-corrected chi connectivity index (χ3v) is 2.54. The highest BCUT2D eigenvalue weighted by Crippen LogP contribution is 2.12. The number of nitrogens with one attached hydrogen (secondary N) is 2. The van der Waals surface area contributed by atoms with Gasteiger partial charge in [-0.25, -0.2) is 4.98 Å². The maximum Gasteiger partial charge on any atom is 0.248 e. The first-order valence-electron chi connectivity index (χ1n) is 5.29. The second-order valence-electron chi connectivity index (χ2n) is 3.77. The number of carbonyl (C=O) groups excluding carboxylic acids is 1. The predicted octanol–water partition coefficient (Wildman–Crippen LogP) is 1.43. The molecule has 17 heavy (non-hydrogen) atoms. The minimum atomic E-state index is -0.426. The quantitative estimate of drug-likeness (QED) is 0.742. The first-order chi connectivity index (χ1) is 8.16. The summed E-state index contributed by atoms with van der Waals surface area (Å²) < 4.78 is 0. The van der Waals surface area contributed by atoms with Crippen LogP contribution in [0.15, 0.2) is 30.6 Å². The predicted molar refractivity (Wildman–Crippen MR) is 65.6 cm³/mol. The van der Waals surface area contributed by atoms with Crippen molar-refractivity contribution in [3.05, 3.63) is 47.5 Å². The van der Waals surface area contributed by atoms with Crippen LogP contribution in [-0.2, 0) is 6.54 Å². The Labute approximate surface area is 99.1 Å². The Kier molecular flexibility index (Phi) is 3.09. The fourth-order valence-corrected chi connectivity index (χ4v) is 1.53. The van der Waals surface area contributed by atoms with Crippen molar-refractivity contribution in [3.8, 4) is 0 Å². The number of primary amides is 1. The molecular formula is C12H14N4O. The molecule has 0 saturated heterocycles. The smallest absolute Gasteiger partial charge is 0.248 e. The minimum Gasteiger partial charge on any atom is -0.379 e. The van der Waals surface area contributed by atoms with E-state index in [1.54, 1.807) is 24.5 Å². The van der Waals surface area contributed by atoms with Crippen LogP contribution in [0.25, 0.3) is 0 Å². The number of imidazole rings is 1. The first kappa shape index (κ1) is 11.2.